The molecule has 0 aliphatic carbocycles. The molecule has 1 amide bonds. The molecule has 0 bridgehead atoms. The van der Waals surface area contributed by atoms with Gasteiger partial charge in [-0.3, -0.25) is 4.79 Å². The van der Waals surface area contributed by atoms with Gasteiger partial charge in [0.05, 0.1) is 12.1 Å². The summed E-state index contributed by atoms with van der Waals surface area (Å²) in [5, 5.41) is 16.1. The Balaban J connectivity index is 1.37. The van der Waals surface area contributed by atoms with E-state index in [0.29, 0.717) is 6.42 Å². The van der Waals surface area contributed by atoms with E-state index in [1.807, 2.05) is 55.6 Å². The van der Waals surface area contributed by atoms with Crippen LogP contribution < -0.4 is 5.32 Å². The molecule has 4 rings (SSSR count). The number of nitrogens with zero attached hydrogens (tertiary/aromatic N) is 5. The number of carbonyl (C=O) groups excluding carboxylic acids is 1. The Hall–Kier alpha value is -3.04. The van der Waals surface area contributed by atoms with Crippen LogP contribution in [-0.4, -0.2) is 31.1 Å². The molecule has 0 radical (unpaired) electrons. The molecule has 2 aromatic carbocycles. The smallest absolute Gasteiger partial charge is 0.228 e. The second-order valence-electron chi connectivity index (χ2n) is 6.48. The summed E-state index contributed by atoms with van der Waals surface area (Å²) in [5.41, 5.74) is 4.64. The number of amides is 1. The minimum absolute atomic E-state index is 0.0563. The summed E-state index contributed by atoms with van der Waals surface area (Å²) in [4.78, 5) is 18.0. The number of aryl methyl sites for hydroxylation is 2. The van der Waals surface area contributed by atoms with Crippen molar-refractivity contribution in [2.75, 3.05) is 5.32 Å². The van der Waals surface area contributed by atoms with Crippen molar-refractivity contribution in [1.29, 1.82) is 0 Å². The van der Waals surface area contributed by atoms with Gasteiger partial charge in [0.15, 0.2) is 4.34 Å². The third-order valence-electron chi connectivity index (χ3n) is 4.19. The molecule has 0 unspecified atom stereocenters. The van der Waals surface area contributed by atoms with Crippen LogP contribution in [0.4, 0.5) is 5.69 Å². The third kappa shape index (κ3) is 4.87. The fraction of sp³-hybridized carbons (Fsp3) is 0.150. The maximum Gasteiger partial charge on any atom is 0.228 e. The second kappa shape index (κ2) is 8.54. The van der Waals surface area contributed by atoms with E-state index in [0.717, 1.165) is 37.4 Å². The minimum atomic E-state index is -0.0563. The second-order valence-corrected chi connectivity index (χ2v) is 8.66. The van der Waals surface area contributed by atoms with Gasteiger partial charge in [-0.2, -0.15) is 0 Å². The predicted octanol–water partition coefficient (Wildman–Crippen LogP) is 4.07. The number of nitrogens with one attached hydrogen (secondary N) is 1. The molecule has 4 aromatic rings. The van der Waals surface area contributed by atoms with Gasteiger partial charge in [0.1, 0.15) is 6.33 Å². The van der Waals surface area contributed by atoms with Crippen molar-refractivity contribution >= 4 is 34.7 Å². The quantitative estimate of drug-likeness (QED) is 0.504. The first-order valence-electron chi connectivity index (χ1n) is 8.89. The summed E-state index contributed by atoms with van der Waals surface area (Å²) in [6.45, 7) is 3.98. The molecule has 29 heavy (non-hydrogen) atoms. The topological polar surface area (TPSA) is 85.6 Å². The van der Waals surface area contributed by atoms with Crippen LogP contribution in [0.1, 0.15) is 16.8 Å². The van der Waals surface area contributed by atoms with Crippen molar-refractivity contribution in [3.63, 3.8) is 0 Å². The Bertz CT molecular complexity index is 1120. The lowest BCUT2D eigenvalue weighted by Crippen LogP contribution is -2.15. The van der Waals surface area contributed by atoms with E-state index < -0.39 is 0 Å². The summed E-state index contributed by atoms with van der Waals surface area (Å²) >= 11 is 3.27. The van der Waals surface area contributed by atoms with Crippen molar-refractivity contribution < 1.29 is 4.79 Å². The van der Waals surface area contributed by atoms with E-state index in [1.54, 1.807) is 27.8 Å². The number of carbonyl (C=O) groups is 1. The molecule has 2 aromatic heterocycles. The maximum absolute atomic E-state index is 12.5. The van der Waals surface area contributed by atoms with Crippen molar-refractivity contribution in [3.05, 3.63) is 71.0 Å². The Labute approximate surface area is 176 Å². The van der Waals surface area contributed by atoms with E-state index >= 15 is 0 Å². The molecule has 146 valence electrons. The number of thiazole rings is 1. The highest BCUT2D eigenvalue weighted by Crippen LogP contribution is 2.32. The van der Waals surface area contributed by atoms with Crippen LogP contribution >= 0.6 is 23.1 Å². The summed E-state index contributed by atoms with van der Waals surface area (Å²) < 4.78 is 2.59. The predicted molar refractivity (Wildman–Crippen MR) is 114 cm³/mol. The molecule has 0 fully saturated rings. The van der Waals surface area contributed by atoms with E-state index in [2.05, 4.69) is 31.9 Å². The molecule has 0 saturated carbocycles. The lowest BCUT2D eigenvalue weighted by molar-refractivity contribution is -0.115. The van der Waals surface area contributed by atoms with Crippen LogP contribution in [0.3, 0.4) is 0 Å². The van der Waals surface area contributed by atoms with Gasteiger partial charge in [0.25, 0.3) is 0 Å². The van der Waals surface area contributed by atoms with Gasteiger partial charge < -0.3 is 5.32 Å². The first kappa shape index (κ1) is 19.3. The molecular weight excluding hydrogens is 404 g/mol. The summed E-state index contributed by atoms with van der Waals surface area (Å²) in [5.74, 6) is -0.0563. The molecule has 2 heterocycles. The van der Waals surface area contributed by atoms with Crippen molar-refractivity contribution in [3.8, 4) is 5.69 Å². The van der Waals surface area contributed by atoms with Crippen molar-refractivity contribution in [2.24, 2.45) is 0 Å². The zero-order chi connectivity index (χ0) is 20.2. The number of anilines is 1. The van der Waals surface area contributed by atoms with Crippen molar-refractivity contribution in [1.82, 2.24) is 25.2 Å². The SMILES string of the molecule is Cc1csc(Sc2ccc(NC(=O)Cc3ccc(-n4cnnn4)cc3)c(C)c2)n1. The lowest BCUT2D eigenvalue weighted by Gasteiger charge is -2.10. The van der Waals surface area contributed by atoms with Crippen molar-refractivity contribution in [2.45, 2.75) is 29.5 Å². The van der Waals surface area contributed by atoms with Gasteiger partial charge in [0.2, 0.25) is 5.91 Å². The Morgan fingerprint density at radius 1 is 1.17 bits per heavy atom. The van der Waals surface area contributed by atoms with Crippen LogP contribution in [0.5, 0.6) is 0 Å². The number of benzene rings is 2. The van der Waals surface area contributed by atoms with Crippen LogP contribution in [0.25, 0.3) is 5.69 Å². The van der Waals surface area contributed by atoms with Gasteiger partial charge in [-0.1, -0.05) is 23.9 Å². The van der Waals surface area contributed by atoms with Gasteiger partial charge in [-0.25, -0.2) is 9.67 Å². The Kier molecular flexibility index (Phi) is 5.68. The largest absolute Gasteiger partial charge is 0.326 e. The van der Waals surface area contributed by atoms with Crippen LogP contribution in [0, 0.1) is 13.8 Å². The van der Waals surface area contributed by atoms with E-state index in [1.165, 1.54) is 6.33 Å². The van der Waals surface area contributed by atoms with E-state index in [4.69, 9.17) is 0 Å². The molecule has 9 heteroatoms. The standard InChI is InChI=1S/C20H18N6OS2/c1-13-9-17(29-20-22-14(2)11-28-20)7-8-18(13)23-19(27)10-15-3-5-16(6-4-15)26-12-21-24-25-26/h3-9,11-12H,10H2,1-2H3,(H,23,27). The summed E-state index contributed by atoms with van der Waals surface area (Å²) in [7, 11) is 0. The monoisotopic (exact) mass is 422 g/mol. The van der Waals surface area contributed by atoms with Crippen LogP contribution in [-0.2, 0) is 11.2 Å². The average Bonchev–Trinajstić information content (AvgIpc) is 3.37. The highest BCUT2D eigenvalue weighted by Gasteiger charge is 2.09. The summed E-state index contributed by atoms with van der Waals surface area (Å²) in [6, 6.07) is 13.6. The molecular formula is C20H18N6OS2. The highest BCUT2D eigenvalue weighted by molar-refractivity contribution is 8.01. The minimum Gasteiger partial charge on any atom is -0.326 e. The summed E-state index contributed by atoms with van der Waals surface area (Å²) in [6.07, 6.45) is 1.83. The Morgan fingerprint density at radius 2 is 2.00 bits per heavy atom. The number of hydrogen-bond donors (Lipinski definition) is 1. The molecule has 0 atom stereocenters. The fourth-order valence-corrected chi connectivity index (χ4v) is 4.66. The van der Waals surface area contributed by atoms with Crippen LogP contribution in [0.2, 0.25) is 0 Å². The zero-order valence-electron chi connectivity index (χ0n) is 15.9. The van der Waals surface area contributed by atoms with Gasteiger partial charge in [0, 0.05) is 21.7 Å². The molecule has 0 aliphatic heterocycles. The first-order chi connectivity index (χ1) is 14.1. The molecule has 7 nitrogen and oxygen atoms in total. The average molecular weight is 423 g/mol. The van der Waals surface area contributed by atoms with E-state index in [-0.39, 0.29) is 5.91 Å². The number of tetrazole rings is 1. The fourth-order valence-electron chi connectivity index (χ4n) is 2.75. The third-order valence-corrected chi connectivity index (χ3v) is 6.24. The Morgan fingerprint density at radius 3 is 2.66 bits per heavy atom. The van der Waals surface area contributed by atoms with Crippen LogP contribution in [0.15, 0.2) is 63.4 Å². The number of aromatic nitrogens is 5. The highest BCUT2D eigenvalue weighted by atomic mass is 32.2. The molecule has 0 aliphatic rings. The van der Waals surface area contributed by atoms with Gasteiger partial charge in [-0.15, -0.1) is 16.4 Å². The molecule has 1 N–H and O–H groups in total. The number of rotatable bonds is 6. The molecule has 0 spiro atoms. The molecule has 0 saturated heterocycles. The van der Waals surface area contributed by atoms with E-state index in [9.17, 15) is 4.79 Å². The normalized spacial score (nSPS) is 10.8. The van der Waals surface area contributed by atoms with Gasteiger partial charge in [-0.05, 0) is 65.7 Å². The zero-order valence-corrected chi connectivity index (χ0v) is 17.5. The lowest BCUT2D eigenvalue weighted by atomic mass is 10.1. The van der Waals surface area contributed by atoms with Gasteiger partial charge >= 0.3 is 0 Å². The first-order valence-corrected chi connectivity index (χ1v) is 10.6. The number of hydrogen-bond acceptors (Lipinski definition) is 7. The maximum atomic E-state index is 12.5.